The van der Waals surface area contributed by atoms with Crippen LogP contribution in [0, 0.1) is 6.92 Å². The van der Waals surface area contributed by atoms with Crippen LogP contribution in [0.5, 0.6) is 0 Å². The molecule has 0 heterocycles. The van der Waals surface area contributed by atoms with E-state index in [0.717, 1.165) is 34.1 Å². The lowest BCUT2D eigenvalue weighted by atomic mass is 9.78. The Morgan fingerprint density at radius 2 is 0.643 bits per heavy atom. The molecule has 2 heteroatoms. The van der Waals surface area contributed by atoms with Crippen molar-refractivity contribution in [3.8, 4) is 11.1 Å². The molecule has 0 N–H and O–H groups in total. The lowest BCUT2D eigenvalue weighted by Gasteiger charge is -2.29. The summed E-state index contributed by atoms with van der Waals surface area (Å²) in [6.45, 7) is 6.76. The molecule has 270 valence electrons. The van der Waals surface area contributed by atoms with Gasteiger partial charge in [-0.15, -0.1) is 0 Å². The third-order valence-electron chi connectivity index (χ3n) is 11.2. The maximum atomic E-state index is 2.36. The van der Waals surface area contributed by atoms with E-state index in [9.17, 15) is 0 Å². The molecule has 0 unspecified atom stereocenters. The van der Waals surface area contributed by atoms with E-state index in [1.165, 1.54) is 49.4 Å². The van der Waals surface area contributed by atoms with Gasteiger partial charge in [-0.25, -0.2) is 0 Å². The van der Waals surface area contributed by atoms with E-state index in [4.69, 9.17) is 0 Å². The molecule has 9 rings (SSSR count). The van der Waals surface area contributed by atoms with Crippen LogP contribution in [0.3, 0.4) is 0 Å². The zero-order chi connectivity index (χ0) is 38.1. The van der Waals surface area contributed by atoms with Crippen molar-refractivity contribution in [2.45, 2.75) is 26.2 Å². The minimum Gasteiger partial charge on any atom is -0.310 e. The van der Waals surface area contributed by atoms with Crippen molar-refractivity contribution in [1.82, 2.24) is 0 Å². The number of aryl methyl sites for hydroxylation is 1. The first-order valence-corrected chi connectivity index (χ1v) is 19.4. The summed E-state index contributed by atoms with van der Waals surface area (Å²) in [6, 6.07) is 77.1. The summed E-state index contributed by atoms with van der Waals surface area (Å²) in [5.74, 6) is 0. The Hall–Kier alpha value is -6.90. The van der Waals surface area contributed by atoms with Gasteiger partial charge in [0.1, 0.15) is 0 Å². The Labute approximate surface area is 330 Å². The summed E-state index contributed by atoms with van der Waals surface area (Å²) in [4.78, 5) is 4.69. The van der Waals surface area contributed by atoms with Crippen LogP contribution in [0.15, 0.2) is 212 Å². The molecule has 2 nitrogen and oxygen atoms in total. The zero-order valence-electron chi connectivity index (χ0n) is 32.1. The second kappa shape index (κ2) is 14.7. The smallest absolute Gasteiger partial charge is 0.0468 e. The minimum atomic E-state index is -0.120. The highest BCUT2D eigenvalue weighted by atomic mass is 15.1. The first-order valence-electron chi connectivity index (χ1n) is 19.4. The molecule has 0 amide bonds. The Bertz CT molecular complexity index is 2750. The van der Waals surface area contributed by atoms with Crippen LogP contribution >= 0.6 is 0 Å². The van der Waals surface area contributed by atoms with E-state index < -0.39 is 0 Å². The average Bonchev–Trinajstić information content (AvgIpc) is 3.25. The van der Waals surface area contributed by atoms with Gasteiger partial charge in [0.25, 0.3) is 0 Å². The van der Waals surface area contributed by atoms with Crippen molar-refractivity contribution < 1.29 is 0 Å². The number of para-hydroxylation sites is 1. The SMILES string of the molecule is Cc1ccc(C(C)(C)c2ccc(N(c3ccc(-c4ccc(N(c5ccccc5)c5ccc6ccccc6c5)cc4)cc3)c3ccc4ccccc4c3)cc2)cc1. The van der Waals surface area contributed by atoms with Crippen LogP contribution in [0.25, 0.3) is 32.7 Å². The van der Waals surface area contributed by atoms with Gasteiger partial charge in [0.05, 0.1) is 0 Å². The van der Waals surface area contributed by atoms with Gasteiger partial charge in [-0.3, -0.25) is 0 Å². The Kier molecular flexibility index (Phi) is 9.17. The highest BCUT2D eigenvalue weighted by Gasteiger charge is 2.24. The van der Waals surface area contributed by atoms with Gasteiger partial charge in [-0.2, -0.15) is 0 Å². The van der Waals surface area contributed by atoms with E-state index in [1.807, 2.05) is 0 Å². The van der Waals surface area contributed by atoms with E-state index >= 15 is 0 Å². The summed E-state index contributed by atoms with van der Waals surface area (Å²) >= 11 is 0. The molecular formula is C54H44N2. The molecular weight excluding hydrogens is 677 g/mol. The molecule has 0 saturated heterocycles. The van der Waals surface area contributed by atoms with Gasteiger partial charge < -0.3 is 9.80 Å². The molecule has 0 atom stereocenters. The number of benzene rings is 9. The number of anilines is 6. The van der Waals surface area contributed by atoms with Crippen LogP contribution in [-0.2, 0) is 5.41 Å². The van der Waals surface area contributed by atoms with E-state index in [2.05, 4.69) is 243 Å². The molecule has 0 aliphatic carbocycles. The monoisotopic (exact) mass is 720 g/mol. The van der Waals surface area contributed by atoms with Gasteiger partial charge in [0, 0.05) is 39.5 Å². The van der Waals surface area contributed by atoms with Crippen molar-refractivity contribution in [3.63, 3.8) is 0 Å². The highest BCUT2D eigenvalue weighted by molar-refractivity contribution is 5.91. The molecule has 0 aliphatic heterocycles. The first kappa shape index (κ1) is 34.8. The van der Waals surface area contributed by atoms with Crippen LogP contribution in [0.2, 0.25) is 0 Å². The van der Waals surface area contributed by atoms with Crippen molar-refractivity contribution >= 4 is 55.7 Å². The van der Waals surface area contributed by atoms with Crippen molar-refractivity contribution in [3.05, 3.63) is 229 Å². The Morgan fingerprint density at radius 1 is 0.304 bits per heavy atom. The van der Waals surface area contributed by atoms with E-state index in [-0.39, 0.29) is 5.41 Å². The Morgan fingerprint density at radius 3 is 1.09 bits per heavy atom. The molecule has 0 aliphatic rings. The fraction of sp³-hybridized carbons (Fsp3) is 0.0741. The molecule has 0 bridgehead atoms. The number of rotatable bonds is 9. The van der Waals surface area contributed by atoms with Crippen LogP contribution < -0.4 is 9.80 Å². The van der Waals surface area contributed by atoms with Crippen molar-refractivity contribution in [2.75, 3.05) is 9.80 Å². The van der Waals surface area contributed by atoms with E-state index in [1.54, 1.807) is 0 Å². The number of hydrogen-bond acceptors (Lipinski definition) is 2. The highest BCUT2D eigenvalue weighted by Crippen LogP contribution is 2.41. The van der Waals surface area contributed by atoms with Crippen molar-refractivity contribution in [1.29, 1.82) is 0 Å². The maximum absolute atomic E-state index is 2.36. The van der Waals surface area contributed by atoms with E-state index in [0.29, 0.717) is 0 Å². The summed E-state index contributed by atoms with van der Waals surface area (Å²) in [5, 5.41) is 4.91. The summed E-state index contributed by atoms with van der Waals surface area (Å²) in [7, 11) is 0. The van der Waals surface area contributed by atoms with Gasteiger partial charge >= 0.3 is 0 Å². The second-order valence-corrected chi connectivity index (χ2v) is 15.2. The van der Waals surface area contributed by atoms with Gasteiger partial charge in [-0.1, -0.05) is 159 Å². The fourth-order valence-electron chi connectivity index (χ4n) is 7.87. The average molecular weight is 721 g/mol. The normalized spacial score (nSPS) is 11.5. The molecule has 0 spiro atoms. The van der Waals surface area contributed by atoms with Crippen molar-refractivity contribution in [2.24, 2.45) is 0 Å². The molecule has 9 aromatic rings. The number of nitrogens with zero attached hydrogens (tertiary/aromatic N) is 2. The summed E-state index contributed by atoms with van der Waals surface area (Å²) < 4.78 is 0. The predicted molar refractivity (Wildman–Crippen MR) is 240 cm³/mol. The number of hydrogen-bond donors (Lipinski definition) is 0. The lowest BCUT2D eigenvalue weighted by Crippen LogP contribution is -2.19. The summed E-state index contributed by atoms with van der Waals surface area (Å²) in [5.41, 5.74) is 12.8. The van der Waals surface area contributed by atoms with Gasteiger partial charge in [-0.05, 0) is 124 Å². The zero-order valence-corrected chi connectivity index (χ0v) is 32.1. The molecule has 0 radical (unpaired) electrons. The molecule has 0 aromatic heterocycles. The first-order chi connectivity index (χ1) is 27.4. The number of fused-ring (bicyclic) bond motifs is 2. The molecule has 9 aromatic carbocycles. The van der Waals surface area contributed by atoms with Gasteiger partial charge in [0.2, 0.25) is 0 Å². The fourth-order valence-corrected chi connectivity index (χ4v) is 7.87. The predicted octanol–water partition coefficient (Wildman–Crippen LogP) is 15.2. The van der Waals surface area contributed by atoms with Gasteiger partial charge in [0.15, 0.2) is 0 Å². The molecule has 56 heavy (non-hydrogen) atoms. The largest absolute Gasteiger partial charge is 0.310 e. The molecule has 0 saturated carbocycles. The van der Waals surface area contributed by atoms with Crippen LogP contribution in [0.4, 0.5) is 34.1 Å². The third kappa shape index (κ3) is 6.83. The lowest BCUT2D eigenvalue weighted by molar-refractivity contribution is 0.640. The topological polar surface area (TPSA) is 6.48 Å². The third-order valence-corrected chi connectivity index (χ3v) is 11.2. The standard InChI is InChI=1S/C54H44N2/c1-39-17-25-46(26-18-39)54(2,3)47-27-35-51(36-28-47)56(53-34-24-41-12-8-10-14-45(41)38-53)50-31-21-43(22-32-50)42-19-29-49(30-20-42)55(48-15-5-4-6-16-48)52-33-23-40-11-7-9-13-44(40)37-52/h4-38H,1-3H3. The second-order valence-electron chi connectivity index (χ2n) is 15.2. The minimum absolute atomic E-state index is 0.120. The quantitative estimate of drug-likeness (QED) is 0.146. The van der Waals surface area contributed by atoms with Crippen LogP contribution in [0.1, 0.15) is 30.5 Å². The Balaban J connectivity index is 1.05. The molecule has 0 fully saturated rings. The summed E-state index contributed by atoms with van der Waals surface area (Å²) in [6.07, 6.45) is 0. The maximum Gasteiger partial charge on any atom is 0.0468 e. The van der Waals surface area contributed by atoms with Crippen LogP contribution in [-0.4, -0.2) is 0 Å².